The normalized spacial score (nSPS) is 1.50. The zero-order chi connectivity index (χ0) is 2.00. The summed E-state index contributed by atoms with van der Waals surface area (Å²) in [5.41, 5.74) is 0. The van der Waals surface area contributed by atoms with Gasteiger partial charge in [0.25, 0.3) is 0 Å². The van der Waals surface area contributed by atoms with E-state index in [2.05, 4.69) is 11.9 Å². The van der Waals surface area contributed by atoms with E-state index in [0.717, 1.165) is 0 Å². The molecule has 0 saturated carbocycles. The fourth-order valence-corrected chi connectivity index (χ4v) is 0. The molecule has 0 aliphatic rings. The van der Waals surface area contributed by atoms with Crippen LogP contribution >= 0.6 is 11.9 Å². The molecule has 1 N–H and O–H groups in total. The molecule has 23 valence electrons. The number of hydrogen-bond acceptors (Lipinski definition) is 1. The molecule has 0 unspecified atom stereocenters. The van der Waals surface area contributed by atoms with Gasteiger partial charge < -0.3 is 0 Å². The second-order valence-electron chi connectivity index (χ2n) is 0. The van der Waals surface area contributed by atoms with E-state index in [1.807, 2.05) is 0 Å². The summed E-state index contributed by atoms with van der Waals surface area (Å²) in [7, 11) is 0. The Hall–Kier alpha value is 1.77. The molecule has 0 aromatic rings. The van der Waals surface area contributed by atoms with Gasteiger partial charge >= 0.3 is 29.6 Å². The molecule has 0 spiro atoms. The van der Waals surface area contributed by atoms with Gasteiger partial charge in [-0.05, 0) is 0 Å². The molecule has 0 atom stereocenters. The van der Waals surface area contributed by atoms with Crippen LogP contribution in [0, 0.1) is 0 Å². The quantitative estimate of drug-likeness (QED) is 0.439. The molecule has 0 fully saturated rings. The molecule has 0 amide bonds. The van der Waals surface area contributed by atoms with E-state index in [-0.39, 0.29) is 46.6 Å². The molecule has 1 radical (unpaired) electrons. The van der Waals surface area contributed by atoms with Crippen molar-refractivity contribution in [3.63, 3.8) is 0 Å². The summed E-state index contributed by atoms with van der Waals surface area (Å²) in [6, 6.07) is 0. The van der Waals surface area contributed by atoms with Crippen molar-refractivity contribution < 1.29 is 21.7 Å². The monoisotopic (exact) mass is 131 g/mol. The van der Waals surface area contributed by atoms with E-state index >= 15 is 0 Å². The van der Waals surface area contributed by atoms with Gasteiger partial charge in [0, 0.05) is 17.1 Å². The third-order valence-electron chi connectivity index (χ3n) is 0. The fourth-order valence-electron chi connectivity index (χ4n) is 0. The molecule has 0 aliphatic carbocycles. The second-order valence-corrected chi connectivity index (χ2v) is 0. The van der Waals surface area contributed by atoms with Crippen molar-refractivity contribution in [3.05, 3.63) is 0 Å². The van der Waals surface area contributed by atoms with E-state index in [4.69, 9.17) is 4.66 Å². The van der Waals surface area contributed by atoms with Gasteiger partial charge in [-0.25, -0.2) is 0 Å². The topological polar surface area (TPSA) is 20.2 Å². The van der Waals surface area contributed by atoms with Crippen LogP contribution in [0.15, 0.2) is 0 Å². The predicted molar refractivity (Wildman–Crippen MR) is 15.2 cm³/mol. The number of rotatable bonds is 0. The number of hydrogen-bond donors (Lipinski definition) is 1. The molecule has 4 heavy (non-hydrogen) atoms. The summed E-state index contributed by atoms with van der Waals surface area (Å²) in [5, 5.41) is 0. The Morgan fingerprint density at radius 3 is 1.25 bits per heavy atom. The van der Waals surface area contributed by atoms with Gasteiger partial charge in [-0.3, -0.25) is 4.66 Å². The van der Waals surface area contributed by atoms with Crippen molar-refractivity contribution in [1.29, 1.82) is 0 Å². The van der Waals surface area contributed by atoms with Crippen LogP contribution in [0.5, 0.6) is 0 Å². The Bertz CT molecular complexity index is 8.00. The van der Waals surface area contributed by atoms with Crippen LogP contribution in [0.1, 0.15) is 0 Å². The summed E-state index contributed by atoms with van der Waals surface area (Å²) in [5.74, 6) is 0. The van der Waals surface area contributed by atoms with E-state index in [0.29, 0.717) is 0 Å². The van der Waals surface area contributed by atoms with Crippen molar-refractivity contribution in [2.75, 3.05) is 0 Å². The average Bonchev–Trinajstić information content (AvgIpc) is 1.00. The summed E-state index contributed by atoms with van der Waals surface area (Å²) in [6.07, 6.45) is 0. The SMILES string of the molecule is OCl.[Mn].[NaH]. The molecule has 0 heterocycles. The van der Waals surface area contributed by atoms with Crippen LogP contribution in [0.4, 0.5) is 0 Å². The van der Waals surface area contributed by atoms with E-state index in [1.165, 1.54) is 0 Å². The Balaban J connectivity index is -0.00000000500. The molecular formula is H2ClMnNaO. The van der Waals surface area contributed by atoms with Crippen LogP contribution < -0.4 is 0 Å². The zero-order valence-electron chi connectivity index (χ0n) is 1.20. The summed E-state index contributed by atoms with van der Waals surface area (Å²) in [4.78, 5) is 0. The van der Waals surface area contributed by atoms with Crippen LogP contribution in [0.2, 0.25) is 0 Å². The van der Waals surface area contributed by atoms with E-state index in [1.54, 1.807) is 0 Å². The molecular weight excluding hydrogens is 129 g/mol. The Labute approximate surface area is 62.7 Å². The fraction of sp³-hybridized carbons (Fsp3) is 0. The maximum atomic E-state index is 6.47. The van der Waals surface area contributed by atoms with Crippen molar-refractivity contribution >= 4 is 41.4 Å². The molecule has 0 saturated heterocycles. The minimum atomic E-state index is 0. The summed E-state index contributed by atoms with van der Waals surface area (Å²) < 4.78 is 6.47. The molecule has 0 aromatic heterocycles. The first-order chi connectivity index (χ1) is 1.00. The van der Waals surface area contributed by atoms with Gasteiger partial charge in [-0.2, -0.15) is 0 Å². The van der Waals surface area contributed by atoms with Crippen LogP contribution in [0.25, 0.3) is 0 Å². The first-order valence-electron chi connectivity index (χ1n) is 0.169. The van der Waals surface area contributed by atoms with Gasteiger partial charge in [0.2, 0.25) is 0 Å². The minimum absolute atomic E-state index is 0. The first-order valence-corrected chi connectivity index (χ1v) is 0.507. The second kappa shape index (κ2) is 21.6. The van der Waals surface area contributed by atoms with Crippen LogP contribution in [-0.2, 0) is 17.1 Å². The van der Waals surface area contributed by atoms with Gasteiger partial charge in [0.15, 0.2) is 0 Å². The number of halogens is 1. The Kier molecular flexibility index (Phi) is 92.6. The zero-order valence-corrected chi connectivity index (χ0v) is 3.14. The van der Waals surface area contributed by atoms with Crippen molar-refractivity contribution in [1.82, 2.24) is 0 Å². The van der Waals surface area contributed by atoms with Crippen molar-refractivity contribution in [2.24, 2.45) is 0 Å². The average molecular weight is 131 g/mol. The van der Waals surface area contributed by atoms with Crippen LogP contribution in [-0.4, -0.2) is 34.2 Å². The van der Waals surface area contributed by atoms with E-state index in [9.17, 15) is 0 Å². The van der Waals surface area contributed by atoms with Crippen molar-refractivity contribution in [3.8, 4) is 0 Å². The predicted octanol–water partition coefficient (Wildman–Crippen LogP) is -0.518. The van der Waals surface area contributed by atoms with E-state index < -0.39 is 0 Å². The third-order valence-corrected chi connectivity index (χ3v) is 0. The first kappa shape index (κ1) is 17.1. The van der Waals surface area contributed by atoms with Crippen LogP contribution in [0.3, 0.4) is 0 Å². The van der Waals surface area contributed by atoms with Gasteiger partial charge in [0.05, 0.1) is 11.9 Å². The molecule has 0 aliphatic heterocycles. The van der Waals surface area contributed by atoms with Gasteiger partial charge in [-0.1, -0.05) is 0 Å². The summed E-state index contributed by atoms with van der Waals surface area (Å²) in [6.45, 7) is 0. The van der Waals surface area contributed by atoms with Gasteiger partial charge in [-0.15, -0.1) is 0 Å². The molecule has 0 aromatic carbocycles. The maximum absolute atomic E-state index is 6.47. The molecule has 4 heteroatoms. The molecule has 0 bridgehead atoms. The Morgan fingerprint density at radius 1 is 1.25 bits per heavy atom. The molecule has 0 rings (SSSR count). The molecule has 1 nitrogen and oxygen atoms in total. The summed E-state index contributed by atoms with van der Waals surface area (Å²) >= 11 is 3.64. The standard InChI is InChI=1S/ClHO.Mn.Na.H/c1-2;;;/h2H;;;. The van der Waals surface area contributed by atoms with Gasteiger partial charge in [0.1, 0.15) is 0 Å². The van der Waals surface area contributed by atoms with Crippen molar-refractivity contribution in [2.45, 2.75) is 0 Å². The Morgan fingerprint density at radius 2 is 1.25 bits per heavy atom. The third kappa shape index (κ3) is 9.23.